The number of likely N-dealkylation sites (N-methyl/N-ethyl adjacent to an activating group) is 1. The van der Waals surface area contributed by atoms with Gasteiger partial charge in [0.2, 0.25) is 0 Å². The largest absolute Gasteiger partial charge is 0.379 e. The lowest BCUT2D eigenvalue weighted by Gasteiger charge is -2.40. The molecular formula is C19H30N2O2. The predicted molar refractivity (Wildman–Crippen MR) is 93.1 cm³/mol. The molecule has 4 heteroatoms. The molecule has 4 nitrogen and oxygen atoms in total. The van der Waals surface area contributed by atoms with Crippen molar-refractivity contribution in [1.82, 2.24) is 9.80 Å². The zero-order chi connectivity index (χ0) is 17.0. The van der Waals surface area contributed by atoms with Gasteiger partial charge in [-0.1, -0.05) is 43.7 Å². The van der Waals surface area contributed by atoms with E-state index in [4.69, 9.17) is 0 Å². The summed E-state index contributed by atoms with van der Waals surface area (Å²) in [5, 5.41) is 10.9. The van der Waals surface area contributed by atoms with Crippen LogP contribution >= 0.6 is 0 Å². The third kappa shape index (κ3) is 4.79. The average molecular weight is 318 g/mol. The monoisotopic (exact) mass is 318 g/mol. The van der Waals surface area contributed by atoms with Crippen molar-refractivity contribution in [1.29, 1.82) is 0 Å². The van der Waals surface area contributed by atoms with Crippen molar-refractivity contribution in [3.05, 3.63) is 35.4 Å². The molecule has 1 aliphatic heterocycles. The highest BCUT2D eigenvalue weighted by Gasteiger charge is 2.42. The van der Waals surface area contributed by atoms with E-state index in [-0.39, 0.29) is 5.91 Å². The zero-order valence-electron chi connectivity index (χ0n) is 14.9. The van der Waals surface area contributed by atoms with Gasteiger partial charge >= 0.3 is 0 Å². The van der Waals surface area contributed by atoms with Gasteiger partial charge in [0.25, 0.3) is 5.91 Å². The number of hydrogen-bond donors (Lipinski definition) is 1. The molecule has 23 heavy (non-hydrogen) atoms. The molecule has 0 aliphatic carbocycles. The first-order valence-corrected chi connectivity index (χ1v) is 8.56. The van der Waals surface area contributed by atoms with Gasteiger partial charge in [0.05, 0.1) is 0 Å². The van der Waals surface area contributed by atoms with Crippen LogP contribution in [0, 0.1) is 12.8 Å². The number of carbonyl (C=O) groups excluding carboxylic acids is 1. The lowest BCUT2D eigenvalue weighted by molar-refractivity contribution is -0.160. The summed E-state index contributed by atoms with van der Waals surface area (Å²) in [5.74, 6) is 0.395. The Bertz CT molecular complexity index is 544. The van der Waals surface area contributed by atoms with Crippen molar-refractivity contribution in [2.24, 2.45) is 5.92 Å². The molecule has 1 aliphatic rings. The maximum atomic E-state index is 12.8. The van der Waals surface area contributed by atoms with E-state index in [9.17, 15) is 9.90 Å². The van der Waals surface area contributed by atoms with Crippen molar-refractivity contribution in [2.75, 3.05) is 26.7 Å². The maximum absolute atomic E-state index is 12.8. The second-order valence-electron chi connectivity index (χ2n) is 7.44. The summed E-state index contributed by atoms with van der Waals surface area (Å²) in [6, 6.07) is 8.21. The van der Waals surface area contributed by atoms with Crippen molar-refractivity contribution >= 4 is 5.91 Å². The van der Waals surface area contributed by atoms with Gasteiger partial charge in [-0.25, -0.2) is 0 Å². The molecule has 128 valence electrons. The van der Waals surface area contributed by atoms with Crippen LogP contribution in [-0.4, -0.2) is 53.1 Å². The standard InChI is InChI=1S/C19H30N2O2/c1-15(2)12-20(4)14-19(23)9-6-10-21(18(19)22)13-17-8-5-7-16(3)11-17/h5,7-8,11,15,23H,6,9-10,12-14H2,1-4H3. The summed E-state index contributed by atoms with van der Waals surface area (Å²) in [7, 11) is 1.98. The Morgan fingerprint density at radius 1 is 1.39 bits per heavy atom. The molecule has 0 bridgehead atoms. The Balaban J connectivity index is 2.05. The van der Waals surface area contributed by atoms with E-state index in [0.717, 1.165) is 25.1 Å². The summed E-state index contributed by atoms with van der Waals surface area (Å²) < 4.78 is 0. The molecule has 1 aromatic rings. The number of rotatable bonds is 6. The number of benzene rings is 1. The Labute approximate surface area is 140 Å². The highest BCUT2D eigenvalue weighted by Crippen LogP contribution is 2.25. The number of amides is 1. The third-order valence-electron chi connectivity index (χ3n) is 4.37. The Hall–Kier alpha value is -1.39. The maximum Gasteiger partial charge on any atom is 0.256 e. The lowest BCUT2D eigenvalue weighted by Crippen LogP contribution is -2.58. The molecular weight excluding hydrogens is 288 g/mol. The topological polar surface area (TPSA) is 43.8 Å². The summed E-state index contributed by atoms with van der Waals surface area (Å²) >= 11 is 0. The fraction of sp³-hybridized carbons (Fsp3) is 0.632. The van der Waals surface area contributed by atoms with Crippen LogP contribution in [0.3, 0.4) is 0 Å². The fourth-order valence-corrected chi connectivity index (χ4v) is 3.53. The Morgan fingerprint density at radius 2 is 2.13 bits per heavy atom. The first-order valence-electron chi connectivity index (χ1n) is 8.56. The summed E-state index contributed by atoms with van der Waals surface area (Å²) in [4.78, 5) is 16.7. The highest BCUT2D eigenvalue weighted by atomic mass is 16.3. The minimum atomic E-state index is -1.24. The molecule has 2 rings (SSSR count). The second-order valence-corrected chi connectivity index (χ2v) is 7.44. The molecule has 1 heterocycles. The lowest BCUT2D eigenvalue weighted by atomic mass is 9.90. The van der Waals surface area contributed by atoms with Crippen LogP contribution in [0.4, 0.5) is 0 Å². The SMILES string of the molecule is Cc1cccc(CN2CCCC(O)(CN(C)CC(C)C)C2=O)c1. The molecule has 1 saturated heterocycles. The van der Waals surface area contributed by atoms with E-state index in [0.29, 0.717) is 25.4 Å². The molecule has 1 atom stereocenters. The van der Waals surface area contributed by atoms with E-state index in [1.165, 1.54) is 5.56 Å². The summed E-state index contributed by atoms with van der Waals surface area (Å²) in [6.45, 7) is 8.95. The van der Waals surface area contributed by atoms with Gasteiger partial charge in [0.1, 0.15) is 0 Å². The number of aryl methyl sites for hydroxylation is 1. The van der Waals surface area contributed by atoms with E-state index in [1.807, 2.05) is 24.1 Å². The van der Waals surface area contributed by atoms with Crippen LogP contribution in [0.2, 0.25) is 0 Å². The van der Waals surface area contributed by atoms with E-state index < -0.39 is 5.60 Å². The van der Waals surface area contributed by atoms with Gasteiger partial charge in [-0.2, -0.15) is 0 Å². The van der Waals surface area contributed by atoms with Crippen molar-refractivity contribution in [2.45, 2.75) is 45.8 Å². The third-order valence-corrected chi connectivity index (χ3v) is 4.37. The number of carbonyl (C=O) groups is 1. The van der Waals surface area contributed by atoms with Crippen molar-refractivity contribution in [3.63, 3.8) is 0 Å². The molecule has 1 amide bonds. The first kappa shape index (κ1) is 18.0. The molecule has 1 unspecified atom stereocenters. The van der Waals surface area contributed by atoms with E-state index >= 15 is 0 Å². The summed E-state index contributed by atoms with van der Waals surface area (Å²) in [5.41, 5.74) is 1.07. The zero-order valence-corrected chi connectivity index (χ0v) is 14.9. The first-order chi connectivity index (χ1) is 10.8. The molecule has 0 spiro atoms. The predicted octanol–water partition coefficient (Wildman–Crippen LogP) is 2.44. The van der Waals surface area contributed by atoms with Gasteiger partial charge in [-0.3, -0.25) is 4.79 Å². The van der Waals surface area contributed by atoms with Gasteiger partial charge in [-0.05, 0) is 38.3 Å². The molecule has 0 radical (unpaired) electrons. The normalized spacial score (nSPS) is 22.2. The van der Waals surface area contributed by atoms with Crippen LogP contribution < -0.4 is 0 Å². The molecule has 1 N–H and O–H groups in total. The van der Waals surface area contributed by atoms with Crippen LogP contribution in [-0.2, 0) is 11.3 Å². The number of hydrogen-bond acceptors (Lipinski definition) is 3. The van der Waals surface area contributed by atoms with E-state index in [1.54, 1.807) is 0 Å². The number of aliphatic hydroxyl groups is 1. The number of piperidine rings is 1. The van der Waals surface area contributed by atoms with E-state index in [2.05, 4.69) is 37.8 Å². The molecule has 1 fully saturated rings. The molecule has 0 saturated carbocycles. The van der Waals surface area contributed by atoms with Gasteiger partial charge < -0.3 is 14.9 Å². The number of likely N-dealkylation sites (tertiary alicyclic amines) is 1. The van der Waals surface area contributed by atoms with Crippen LogP contribution in [0.5, 0.6) is 0 Å². The van der Waals surface area contributed by atoms with Gasteiger partial charge in [0.15, 0.2) is 5.60 Å². The van der Waals surface area contributed by atoms with Crippen LogP contribution in [0.25, 0.3) is 0 Å². The summed E-state index contributed by atoms with van der Waals surface area (Å²) in [6.07, 6.45) is 1.40. The van der Waals surface area contributed by atoms with Crippen molar-refractivity contribution in [3.8, 4) is 0 Å². The van der Waals surface area contributed by atoms with Crippen LogP contribution in [0.1, 0.15) is 37.8 Å². The number of nitrogens with zero attached hydrogens (tertiary/aromatic N) is 2. The minimum absolute atomic E-state index is 0.124. The Morgan fingerprint density at radius 3 is 2.78 bits per heavy atom. The van der Waals surface area contributed by atoms with Gasteiger partial charge in [-0.15, -0.1) is 0 Å². The molecule has 1 aromatic carbocycles. The fourth-order valence-electron chi connectivity index (χ4n) is 3.53. The quantitative estimate of drug-likeness (QED) is 0.876. The highest BCUT2D eigenvalue weighted by molar-refractivity contribution is 5.86. The van der Waals surface area contributed by atoms with Crippen LogP contribution in [0.15, 0.2) is 24.3 Å². The van der Waals surface area contributed by atoms with Gasteiger partial charge in [0, 0.05) is 26.2 Å². The second kappa shape index (κ2) is 7.45. The van der Waals surface area contributed by atoms with Crippen molar-refractivity contribution < 1.29 is 9.90 Å². The average Bonchev–Trinajstić information content (AvgIpc) is 2.43. The smallest absolute Gasteiger partial charge is 0.256 e. The Kier molecular flexibility index (Phi) is 5.82. The molecule has 0 aromatic heterocycles. The minimum Gasteiger partial charge on any atom is -0.379 e.